The van der Waals surface area contributed by atoms with E-state index in [9.17, 15) is 4.79 Å². The average Bonchev–Trinajstić information content (AvgIpc) is 2.50. The largest absolute Gasteiger partial charge is 0.375 e. The van der Waals surface area contributed by atoms with Gasteiger partial charge in [-0.15, -0.1) is 0 Å². The third-order valence-corrected chi connectivity index (χ3v) is 3.68. The lowest BCUT2D eigenvalue weighted by Crippen LogP contribution is -2.26. The molecule has 2 saturated carbocycles. The summed E-state index contributed by atoms with van der Waals surface area (Å²) in [5.74, 6) is 0.427. The molecule has 0 aromatic heterocycles. The van der Waals surface area contributed by atoms with E-state index in [1.807, 2.05) is 0 Å². The SMILES string of the molecule is O=C1CCC(OC2CCCCCC2)CC1. The Labute approximate surface area is 92.4 Å². The lowest BCUT2D eigenvalue weighted by Gasteiger charge is -2.26. The lowest BCUT2D eigenvalue weighted by atomic mass is 9.96. The summed E-state index contributed by atoms with van der Waals surface area (Å²) in [5.41, 5.74) is 0. The number of hydrogen-bond donors (Lipinski definition) is 0. The van der Waals surface area contributed by atoms with Gasteiger partial charge in [-0.1, -0.05) is 25.7 Å². The van der Waals surface area contributed by atoms with E-state index in [1.165, 1.54) is 38.5 Å². The second-order valence-electron chi connectivity index (χ2n) is 4.99. The van der Waals surface area contributed by atoms with Gasteiger partial charge in [0.05, 0.1) is 12.2 Å². The van der Waals surface area contributed by atoms with Crippen molar-refractivity contribution in [1.29, 1.82) is 0 Å². The molecule has 15 heavy (non-hydrogen) atoms. The van der Waals surface area contributed by atoms with Crippen molar-refractivity contribution in [2.75, 3.05) is 0 Å². The van der Waals surface area contributed by atoms with Gasteiger partial charge in [0, 0.05) is 12.8 Å². The van der Waals surface area contributed by atoms with Crippen LogP contribution < -0.4 is 0 Å². The van der Waals surface area contributed by atoms with Crippen LogP contribution in [0.15, 0.2) is 0 Å². The van der Waals surface area contributed by atoms with Crippen molar-refractivity contribution in [3.8, 4) is 0 Å². The first-order chi connectivity index (χ1) is 7.34. The van der Waals surface area contributed by atoms with Crippen LogP contribution in [0.5, 0.6) is 0 Å². The van der Waals surface area contributed by atoms with Gasteiger partial charge < -0.3 is 4.74 Å². The first-order valence-corrected chi connectivity index (χ1v) is 6.52. The predicted molar refractivity (Wildman–Crippen MR) is 59.8 cm³/mol. The molecule has 2 aliphatic carbocycles. The Morgan fingerprint density at radius 2 is 1.33 bits per heavy atom. The number of carbonyl (C=O) groups is 1. The van der Waals surface area contributed by atoms with Gasteiger partial charge in [-0.2, -0.15) is 0 Å². The van der Waals surface area contributed by atoms with Crippen LogP contribution in [-0.4, -0.2) is 18.0 Å². The van der Waals surface area contributed by atoms with Gasteiger partial charge in [-0.25, -0.2) is 0 Å². The van der Waals surface area contributed by atoms with E-state index in [4.69, 9.17) is 4.74 Å². The second-order valence-corrected chi connectivity index (χ2v) is 4.99. The second kappa shape index (κ2) is 5.64. The van der Waals surface area contributed by atoms with Gasteiger partial charge in [-0.05, 0) is 25.7 Å². The van der Waals surface area contributed by atoms with Crippen molar-refractivity contribution in [2.24, 2.45) is 0 Å². The summed E-state index contributed by atoms with van der Waals surface area (Å²) in [6.45, 7) is 0. The molecule has 0 aliphatic heterocycles. The maximum atomic E-state index is 11.1. The average molecular weight is 210 g/mol. The Balaban J connectivity index is 1.73. The van der Waals surface area contributed by atoms with Crippen molar-refractivity contribution in [1.82, 2.24) is 0 Å². The zero-order chi connectivity index (χ0) is 10.5. The molecule has 0 amide bonds. The van der Waals surface area contributed by atoms with Gasteiger partial charge in [0.25, 0.3) is 0 Å². The standard InChI is InChI=1S/C13H22O2/c14-11-7-9-13(10-8-11)15-12-5-3-1-2-4-6-12/h12-13H,1-10H2. The molecule has 0 aromatic rings. The Morgan fingerprint density at radius 1 is 0.800 bits per heavy atom. The fourth-order valence-corrected chi connectivity index (χ4v) is 2.70. The van der Waals surface area contributed by atoms with E-state index in [0.29, 0.717) is 18.0 Å². The molecule has 2 nitrogen and oxygen atoms in total. The minimum Gasteiger partial charge on any atom is -0.375 e. The molecule has 0 atom stereocenters. The molecule has 0 aromatic carbocycles. The van der Waals surface area contributed by atoms with E-state index in [0.717, 1.165) is 25.7 Å². The zero-order valence-electron chi connectivity index (χ0n) is 9.54. The Bertz CT molecular complexity index is 195. The van der Waals surface area contributed by atoms with Gasteiger partial charge >= 0.3 is 0 Å². The predicted octanol–water partition coefficient (Wildman–Crippen LogP) is 3.24. The Hall–Kier alpha value is -0.370. The van der Waals surface area contributed by atoms with Gasteiger partial charge in [0.2, 0.25) is 0 Å². The van der Waals surface area contributed by atoms with Crippen molar-refractivity contribution < 1.29 is 9.53 Å². The highest BCUT2D eigenvalue weighted by Gasteiger charge is 2.22. The number of carbonyl (C=O) groups excluding carboxylic acids is 1. The van der Waals surface area contributed by atoms with Gasteiger partial charge in [0.1, 0.15) is 5.78 Å². The van der Waals surface area contributed by atoms with Crippen LogP contribution in [0.3, 0.4) is 0 Å². The first kappa shape index (κ1) is 11.1. The molecule has 0 radical (unpaired) electrons. The summed E-state index contributed by atoms with van der Waals surface area (Å²) in [5, 5.41) is 0. The highest BCUT2D eigenvalue weighted by molar-refractivity contribution is 5.79. The normalized spacial score (nSPS) is 26.5. The van der Waals surface area contributed by atoms with Crippen LogP contribution in [0, 0.1) is 0 Å². The molecule has 86 valence electrons. The number of ketones is 1. The van der Waals surface area contributed by atoms with E-state index < -0.39 is 0 Å². The van der Waals surface area contributed by atoms with E-state index in [-0.39, 0.29) is 0 Å². The zero-order valence-corrected chi connectivity index (χ0v) is 9.54. The molecule has 2 rings (SSSR count). The van der Waals surface area contributed by atoms with Crippen LogP contribution in [0.2, 0.25) is 0 Å². The van der Waals surface area contributed by atoms with Crippen molar-refractivity contribution in [3.63, 3.8) is 0 Å². The smallest absolute Gasteiger partial charge is 0.133 e. The van der Waals surface area contributed by atoms with E-state index >= 15 is 0 Å². The lowest BCUT2D eigenvalue weighted by molar-refractivity contribution is -0.124. The maximum Gasteiger partial charge on any atom is 0.133 e. The summed E-state index contributed by atoms with van der Waals surface area (Å²) >= 11 is 0. The number of Topliss-reactive ketones (excluding diaryl/α,β-unsaturated/α-hetero) is 1. The molecule has 0 heterocycles. The summed E-state index contributed by atoms with van der Waals surface area (Å²) in [4.78, 5) is 11.1. The maximum absolute atomic E-state index is 11.1. The molecular weight excluding hydrogens is 188 g/mol. The molecule has 2 fully saturated rings. The topological polar surface area (TPSA) is 26.3 Å². The summed E-state index contributed by atoms with van der Waals surface area (Å²) in [6, 6.07) is 0. The fourth-order valence-electron chi connectivity index (χ4n) is 2.70. The minimum atomic E-state index is 0.380. The summed E-state index contributed by atoms with van der Waals surface area (Å²) in [7, 11) is 0. The highest BCUT2D eigenvalue weighted by Crippen LogP contribution is 2.25. The molecular formula is C13H22O2. The number of rotatable bonds is 2. The molecule has 0 saturated heterocycles. The van der Waals surface area contributed by atoms with Crippen LogP contribution in [0.25, 0.3) is 0 Å². The first-order valence-electron chi connectivity index (χ1n) is 6.52. The molecule has 0 N–H and O–H groups in total. The molecule has 0 bridgehead atoms. The third-order valence-electron chi connectivity index (χ3n) is 3.68. The van der Waals surface area contributed by atoms with Crippen molar-refractivity contribution >= 4 is 5.78 Å². The van der Waals surface area contributed by atoms with Crippen LogP contribution >= 0.6 is 0 Å². The van der Waals surface area contributed by atoms with Crippen LogP contribution in [-0.2, 0) is 9.53 Å². The van der Waals surface area contributed by atoms with E-state index in [2.05, 4.69) is 0 Å². The Morgan fingerprint density at radius 3 is 1.93 bits per heavy atom. The summed E-state index contributed by atoms with van der Waals surface area (Å²) in [6.07, 6.45) is 12.2. The van der Waals surface area contributed by atoms with Crippen molar-refractivity contribution in [2.45, 2.75) is 76.4 Å². The molecule has 2 heteroatoms. The molecule has 0 spiro atoms. The van der Waals surface area contributed by atoms with Crippen LogP contribution in [0.4, 0.5) is 0 Å². The van der Waals surface area contributed by atoms with E-state index in [1.54, 1.807) is 0 Å². The number of ether oxygens (including phenoxy) is 1. The summed E-state index contributed by atoms with van der Waals surface area (Å²) < 4.78 is 6.11. The Kier molecular flexibility index (Phi) is 4.18. The molecule has 0 unspecified atom stereocenters. The fraction of sp³-hybridized carbons (Fsp3) is 0.923. The highest BCUT2D eigenvalue weighted by atomic mass is 16.5. The number of hydrogen-bond acceptors (Lipinski definition) is 2. The quantitative estimate of drug-likeness (QED) is 0.654. The third kappa shape index (κ3) is 3.60. The van der Waals surface area contributed by atoms with Gasteiger partial charge in [0.15, 0.2) is 0 Å². The van der Waals surface area contributed by atoms with Gasteiger partial charge in [-0.3, -0.25) is 4.79 Å². The van der Waals surface area contributed by atoms with Crippen molar-refractivity contribution in [3.05, 3.63) is 0 Å². The van der Waals surface area contributed by atoms with Crippen LogP contribution in [0.1, 0.15) is 64.2 Å². The molecule has 2 aliphatic rings. The monoisotopic (exact) mass is 210 g/mol. The minimum absolute atomic E-state index is 0.380.